The lowest BCUT2D eigenvalue weighted by molar-refractivity contribution is -0.127. The van der Waals surface area contributed by atoms with Crippen LogP contribution < -0.4 is 10.1 Å². The molecular weight excluding hydrogens is 395 g/mol. The second-order valence-corrected chi connectivity index (χ2v) is 8.12. The fraction of sp³-hybridized carbons (Fsp3) is 0.409. The third-order valence-electron chi connectivity index (χ3n) is 5.32. The van der Waals surface area contributed by atoms with Crippen molar-refractivity contribution in [3.63, 3.8) is 0 Å². The Kier molecular flexibility index (Phi) is 7.22. The van der Waals surface area contributed by atoms with E-state index in [1.807, 2.05) is 49.4 Å². The minimum atomic E-state index is -0.0207. The number of halogens is 2. The lowest BCUT2D eigenvalue weighted by Crippen LogP contribution is -2.40. The smallest absolute Gasteiger partial charge is 0.223 e. The molecule has 1 N–H and O–H groups in total. The van der Waals surface area contributed by atoms with Gasteiger partial charge in [0, 0.05) is 12.5 Å². The van der Waals surface area contributed by atoms with E-state index in [-0.39, 0.29) is 17.9 Å². The second-order valence-electron chi connectivity index (χ2n) is 7.30. The van der Waals surface area contributed by atoms with Crippen molar-refractivity contribution < 1.29 is 9.53 Å². The number of amides is 1. The topological polar surface area (TPSA) is 41.6 Å². The van der Waals surface area contributed by atoms with Crippen molar-refractivity contribution in [1.29, 1.82) is 0 Å². The Morgan fingerprint density at radius 2 is 1.82 bits per heavy atom. The summed E-state index contributed by atoms with van der Waals surface area (Å²) in [7, 11) is 1.65. The highest BCUT2D eigenvalue weighted by Gasteiger charge is 2.26. The Balaban J connectivity index is 1.48. The van der Waals surface area contributed by atoms with E-state index in [1.165, 1.54) is 0 Å². The number of hydrogen-bond acceptors (Lipinski definition) is 3. The van der Waals surface area contributed by atoms with Crippen LogP contribution in [0.2, 0.25) is 10.0 Å². The number of carbonyl (C=O) groups is 1. The Labute approximate surface area is 176 Å². The van der Waals surface area contributed by atoms with Crippen molar-refractivity contribution >= 4 is 29.1 Å². The molecule has 1 saturated heterocycles. The summed E-state index contributed by atoms with van der Waals surface area (Å²) >= 11 is 12.1. The molecule has 1 heterocycles. The summed E-state index contributed by atoms with van der Waals surface area (Å²) in [4.78, 5) is 15.0. The van der Waals surface area contributed by atoms with Crippen LogP contribution in [0.3, 0.4) is 0 Å². The Bertz CT molecular complexity index is 803. The van der Waals surface area contributed by atoms with Crippen LogP contribution in [0.4, 0.5) is 0 Å². The standard InChI is InChI=1S/C22H26Cl2N2O2/c1-15(17-4-6-19(28-2)7-5-17)25-22(27)18-9-11-26(12-10-18)14-16-3-8-20(23)21(24)13-16/h3-8,13,15,18H,9-12,14H2,1-2H3,(H,25,27). The number of hydrogen-bond donors (Lipinski definition) is 1. The zero-order valence-corrected chi connectivity index (χ0v) is 17.8. The first-order valence-electron chi connectivity index (χ1n) is 9.57. The lowest BCUT2D eigenvalue weighted by Gasteiger charge is -2.32. The van der Waals surface area contributed by atoms with Gasteiger partial charge in [-0.05, 0) is 68.2 Å². The normalized spacial score (nSPS) is 16.6. The van der Waals surface area contributed by atoms with Crippen LogP contribution in [0.15, 0.2) is 42.5 Å². The van der Waals surface area contributed by atoms with Gasteiger partial charge in [-0.25, -0.2) is 0 Å². The molecule has 2 aromatic rings. The van der Waals surface area contributed by atoms with Crippen molar-refractivity contribution in [2.45, 2.75) is 32.4 Å². The van der Waals surface area contributed by atoms with Gasteiger partial charge < -0.3 is 10.1 Å². The third kappa shape index (κ3) is 5.40. The fourth-order valence-corrected chi connectivity index (χ4v) is 3.88. The van der Waals surface area contributed by atoms with Gasteiger partial charge in [-0.2, -0.15) is 0 Å². The van der Waals surface area contributed by atoms with E-state index in [4.69, 9.17) is 27.9 Å². The fourth-order valence-electron chi connectivity index (χ4n) is 3.56. The zero-order valence-electron chi connectivity index (χ0n) is 16.3. The third-order valence-corrected chi connectivity index (χ3v) is 6.06. The Morgan fingerprint density at radius 3 is 2.43 bits per heavy atom. The highest BCUT2D eigenvalue weighted by Crippen LogP contribution is 2.25. The average Bonchev–Trinajstić information content (AvgIpc) is 2.71. The first-order valence-corrected chi connectivity index (χ1v) is 10.3. The summed E-state index contributed by atoms with van der Waals surface area (Å²) < 4.78 is 5.18. The molecular formula is C22H26Cl2N2O2. The van der Waals surface area contributed by atoms with Crippen LogP contribution >= 0.6 is 23.2 Å². The molecule has 1 atom stereocenters. The minimum Gasteiger partial charge on any atom is -0.497 e. The Hall–Kier alpha value is -1.75. The van der Waals surface area contributed by atoms with Crippen molar-refractivity contribution in [3.8, 4) is 5.75 Å². The van der Waals surface area contributed by atoms with E-state index >= 15 is 0 Å². The van der Waals surface area contributed by atoms with Crippen LogP contribution in [0.25, 0.3) is 0 Å². The number of nitrogens with one attached hydrogen (secondary N) is 1. The SMILES string of the molecule is COc1ccc(C(C)NC(=O)C2CCN(Cc3ccc(Cl)c(Cl)c3)CC2)cc1. The minimum absolute atomic E-state index is 0.0207. The molecule has 1 aliphatic heterocycles. The summed E-state index contributed by atoms with van der Waals surface area (Å²) in [6, 6.07) is 13.5. The molecule has 6 heteroatoms. The first kappa shape index (κ1) is 21.0. The number of rotatable bonds is 6. The number of ether oxygens (including phenoxy) is 1. The lowest BCUT2D eigenvalue weighted by atomic mass is 9.95. The van der Waals surface area contributed by atoms with Gasteiger partial charge in [0.05, 0.1) is 23.2 Å². The number of likely N-dealkylation sites (tertiary alicyclic amines) is 1. The quantitative estimate of drug-likeness (QED) is 0.707. The summed E-state index contributed by atoms with van der Waals surface area (Å²) in [5.74, 6) is 1.01. The Morgan fingerprint density at radius 1 is 1.14 bits per heavy atom. The molecule has 1 aliphatic rings. The molecule has 0 bridgehead atoms. The molecule has 4 nitrogen and oxygen atoms in total. The predicted molar refractivity (Wildman–Crippen MR) is 114 cm³/mol. The molecule has 1 unspecified atom stereocenters. The number of carbonyl (C=O) groups excluding carboxylic acids is 1. The number of benzene rings is 2. The van der Waals surface area contributed by atoms with Crippen LogP contribution in [-0.4, -0.2) is 31.0 Å². The number of nitrogens with zero attached hydrogens (tertiary/aromatic N) is 1. The van der Waals surface area contributed by atoms with E-state index in [0.717, 1.165) is 49.4 Å². The van der Waals surface area contributed by atoms with Gasteiger partial charge in [0.25, 0.3) is 0 Å². The maximum Gasteiger partial charge on any atom is 0.223 e. The highest BCUT2D eigenvalue weighted by atomic mass is 35.5. The average molecular weight is 421 g/mol. The van der Waals surface area contributed by atoms with Crippen molar-refractivity contribution in [2.24, 2.45) is 5.92 Å². The summed E-state index contributed by atoms with van der Waals surface area (Å²) in [6.07, 6.45) is 1.73. The monoisotopic (exact) mass is 420 g/mol. The van der Waals surface area contributed by atoms with Crippen LogP contribution in [0.5, 0.6) is 5.75 Å². The van der Waals surface area contributed by atoms with Gasteiger partial charge in [-0.1, -0.05) is 41.4 Å². The maximum atomic E-state index is 12.7. The summed E-state index contributed by atoms with van der Waals surface area (Å²) in [5.41, 5.74) is 2.22. The molecule has 2 aromatic carbocycles. The molecule has 3 rings (SSSR count). The molecule has 1 amide bonds. The molecule has 0 aromatic heterocycles. The highest BCUT2D eigenvalue weighted by molar-refractivity contribution is 6.42. The second kappa shape index (κ2) is 9.64. The van der Waals surface area contributed by atoms with E-state index in [1.54, 1.807) is 7.11 Å². The van der Waals surface area contributed by atoms with E-state index in [9.17, 15) is 4.79 Å². The van der Waals surface area contributed by atoms with Gasteiger partial charge in [0.15, 0.2) is 0 Å². The van der Waals surface area contributed by atoms with Gasteiger partial charge in [-0.15, -0.1) is 0 Å². The molecule has 0 aliphatic carbocycles. The van der Waals surface area contributed by atoms with Gasteiger partial charge in [-0.3, -0.25) is 9.69 Å². The number of methoxy groups -OCH3 is 1. The molecule has 0 spiro atoms. The van der Waals surface area contributed by atoms with E-state index in [0.29, 0.717) is 10.0 Å². The zero-order chi connectivity index (χ0) is 20.1. The van der Waals surface area contributed by atoms with Crippen molar-refractivity contribution in [2.75, 3.05) is 20.2 Å². The molecule has 28 heavy (non-hydrogen) atoms. The summed E-state index contributed by atoms with van der Waals surface area (Å²) in [5, 5.41) is 4.31. The molecule has 0 saturated carbocycles. The maximum absolute atomic E-state index is 12.7. The van der Waals surface area contributed by atoms with Crippen LogP contribution in [-0.2, 0) is 11.3 Å². The van der Waals surface area contributed by atoms with E-state index in [2.05, 4.69) is 10.2 Å². The molecule has 1 fully saturated rings. The molecule has 0 radical (unpaired) electrons. The largest absolute Gasteiger partial charge is 0.497 e. The number of piperidine rings is 1. The van der Waals surface area contributed by atoms with Crippen molar-refractivity contribution in [1.82, 2.24) is 10.2 Å². The van der Waals surface area contributed by atoms with Crippen LogP contribution in [0.1, 0.15) is 36.9 Å². The first-order chi connectivity index (χ1) is 13.5. The van der Waals surface area contributed by atoms with Crippen molar-refractivity contribution in [3.05, 3.63) is 63.6 Å². The van der Waals surface area contributed by atoms with Gasteiger partial charge in [0.1, 0.15) is 5.75 Å². The van der Waals surface area contributed by atoms with E-state index < -0.39 is 0 Å². The predicted octanol–water partition coefficient (Wildman–Crippen LogP) is 5.09. The van der Waals surface area contributed by atoms with Crippen LogP contribution in [0, 0.1) is 5.92 Å². The summed E-state index contributed by atoms with van der Waals surface area (Å²) in [6.45, 7) is 4.64. The van der Waals surface area contributed by atoms with Gasteiger partial charge >= 0.3 is 0 Å². The molecule has 150 valence electrons. The van der Waals surface area contributed by atoms with Gasteiger partial charge in [0.2, 0.25) is 5.91 Å².